The second-order valence-electron chi connectivity index (χ2n) is 4.91. The molecule has 1 aliphatic heterocycles. The maximum Gasteiger partial charge on any atom is 0.208 e. The number of hydrogen-bond acceptors (Lipinski definition) is 5. The first-order valence-electron chi connectivity index (χ1n) is 6.93. The van der Waals surface area contributed by atoms with Crippen LogP contribution >= 0.6 is 11.6 Å². The fraction of sp³-hybridized carbons (Fsp3) is 0.571. The highest BCUT2D eigenvalue weighted by Crippen LogP contribution is 2.42. The van der Waals surface area contributed by atoms with Gasteiger partial charge in [0.25, 0.3) is 0 Å². The van der Waals surface area contributed by atoms with Crippen LogP contribution in [0.3, 0.4) is 0 Å². The first kappa shape index (κ1) is 16.9. The normalized spacial score (nSPS) is 16.7. The number of nitrogens with zero attached hydrogens (tertiary/aromatic N) is 1. The zero-order valence-electron chi connectivity index (χ0n) is 12.4. The molecule has 6 nitrogen and oxygen atoms in total. The van der Waals surface area contributed by atoms with E-state index in [4.69, 9.17) is 25.8 Å². The van der Waals surface area contributed by atoms with Gasteiger partial charge in [-0.2, -0.15) is 0 Å². The number of halogens is 2. The molecule has 1 aromatic carbocycles. The van der Waals surface area contributed by atoms with Crippen molar-refractivity contribution in [3.8, 4) is 5.75 Å². The Hall–Kier alpha value is -1.44. The summed E-state index contributed by atoms with van der Waals surface area (Å²) in [6, 6.07) is 1.39. The molecule has 1 heterocycles. The maximum absolute atomic E-state index is 14.3. The van der Waals surface area contributed by atoms with E-state index in [9.17, 15) is 14.5 Å². The average molecular weight is 334 g/mol. The fourth-order valence-electron chi connectivity index (χ4n) is 2.40. The van der Waals surface area contributed by atoms with Gasteiger partial charge in [-0.05, 0) is 19.9 Å². The van der Waals surface area contributed by atoms with Crippen molar-refractivity contribution in [2.45, 2.75) is 26.1 Å². The molecule has 0 amide bonds. The first-order valence-corrected chi connectivity index (χ1v) is 7.30. The lowest BCUT2D eigenvalue weighted by Gasteiger charge is -2.27. The number of benzene rings is 1. The molecule has 0 aliphatic carbocycles. The number of ether oxygens (including phenoxy) is 3. The number of hydrogen-bond donors (Lipinski definition) is 0. The fourth-order valence-corrected chi connectivity index (χ4v) is 2.63. The Labute approximate surface area is 132 Å². The van der Waals surface area contributed by atoms with Gasteiger partial charge in [-0.1, -0.05) is 11.6 Å². The summed E-state index contributed by atoms with van der Waals surface area (Å²) in [4.78, 5) is 10.1. The lowest BCUT2D eigenvalue weighted by molar-refractivity contribution is -0.479. The molecule has 2 rings (SSSR count). The van der Waals surface area contributed by atoms with Crippen molar-refractivity contribution >= 4 is 11.6 Å². The molecule has 1 aliphatic rings. The van der Waals surface area contributed by atoms with E-state index >= 15 is 0 Å². The van der Waals surface area contributed by atoms with Crippen molar-refractivity contribution in [1.82, 2.24) is 0 Å². The van der Waals surface area contributed by atoms with E-state index in [-0.39, 0.29) is 29.4 Å². The van der Waals surface area contributed by atoms with Crippen LogP contribution in [0, 0.1) is 15.9 Å². The van der Waals surface area contributed by atoms with Gasteiger partial charge in [-0.25, -0.2) is 4.39 Å². The van der Waals surface area contributed by atoms with Crippen molar-refractivity contribution < 1.29 is 23.5 Å². The predicted octanol–water partition coefficient (Wildman–Crippen LogP) is 2.92. The lowest BCUT2D eigenvalue weighted by Crippen LogP contribution is -2.25. The quantitative estimate of drug-likeness (QED) is 0.591. The van der Waals surface area contributed by atoms with Gasteiger partial charge in [0.15, 0.2) is 5.79 Å². The molecular formula is C14H17ClFNO5. The summed E-state index contributed by atoms with van der Waals surface area (Å²) in [5.74, 6) is -1.61. The van der Waals surface area contributed by atoms with E-state index in [1.165, 1.54) is 6.07 Å². The molecule has 0 N–H and O–H groups in total. The van der Waals surface area contributed by atoms with Gasteiger partial charge in [0.2, 0.25) is 6.54 Å². The van der Waals surface area contributed by atoms with Crippen molar-refractivity contribution in [2.24, 2.45) is 0 Å². The molecule has 1 fully saturated rings. The van der Waals surface area contributed by atoms with Gasteiger partial charge in [0.05, 0.1) is 30.4 Å². The van der Waals surface area contributed by atoms with Crippen LogP contribution in [0.15, 0.2) is 6.07 Å². The second kappa shape index (κ2) is 6.76. The summed E-state index contributed by atoms with van der Waals surface area (Å²) in [6.07, 6.45) is -0.127. The molecule has 1 saturated heterocycles. The molecule has 0 saturated carbocycles. The summed E-state index contributed by atoms with van der Waals surface area (Å²) < 4.78 is 31.0. The molecule has 0 bridgehead atoms. The van der Waals surface area contributed by atoms with Crippen LogP contribution in [-0.2, 0) is 21.7 Å². The van der Waals surface area contributed by atoms with E-state index in [0.717, 1.165) is 0 Å². The number of nitro groups is 1. The average Bonchev–Trinajstić information content (AvgIpc) is 2.90. The molecular weight excluding hydrogens is 317 g/mol. The molecule has 0 spiro atoms. The molecule has 0 atom stereocenters. The van der Waals surface area contributed by atoms with Gasteiger partial charge >= 0.3 is 0 Å². The highest BCUT2D eigenvalue weighted by molar-refractivity contribution is 6.31. The summed E-state index contributed by atoms with van der Waals surface area (Å²) in [5, 5.41) is 10.5. The smallest absolute Gasteiger partial charge is 0.208 e. The van der Waals surface area contributed by atoms with Crippen molar-refractivity contribution in [2.75, 3.05) is 26.4 Å². The molecule has 0 radical (unpaired) electrons. The molecule has 0 aromatic heterocycles. The van der Waals surface area contributed by atoms with Crippen LogP contribution < -0.4 is 4.74 Å². The Morgan fingerprint density at radius 2 is 2.14 bits per heavy atom. The minimum Gasteiger partial charge on any atom is -0.493 e. The summed E-state index contributed by atoms with van der Waals surface area (Å²) in [5.41, 5.74) is 0.512. The third kappa shape index (κ3) is 3.31. The molecule has 8 heteroatoms. The van der Waals surface area contributed by atoms with E-state index in [0.29, 0.717) is 18.8 Å². The predicted molar refractivity (Wildman–Crippen MR) is 77.4 cm³/mol. The van der Waals surface area contributed by atoms with Crippen LogP contribution in [-0.4, -0.2) is 31.3 Å². The van der Waals surface area contributed by atoms with Gasteiger partial charge in [0.1, 0.15) is 11.6 Å². The Bertz CT molecular complexity index is 575. The standard InChI is InChI=1S/C14H17ClFNO5/c1-3-20-13-9(4-5-17(18)19)12(16)11(15)8-10(13)14(2)21-6-7-22-14/h8H,3-7H2,1-2H3. The largest absolute Gasteiger partial charge is 0.493 e. The van der Waals surface area contributed by atoms with Gasteiger partial charge < -0.3 is 14.2 Å². The van der Waals surface area contributed by atoms with Crippen LogP contribution in [0.4, 0.5) is 4.39 Å². The van der Waals surface area contributed by atoms with Gasteiger partial charge in [-0.3, -0.25) is 10.1 Å². The first-order chi connectivity index (χ1) is 10.4. The summed E-state index contributed by atoms with van der Waals surface area (Å²) in [6.45, 7) is 4.06. The van der Waals surface area contributed by atoms with E-state index < -0.39 is 23.1 Å². The topological polar surface area (TPSA) is 70.8 Å². The monoisotopic (exact) mass is 333 g/mol. The Morgan fingerprint density at radius 3 is 2.68 bits per heavy atom. The second-order valence-corrected chi connectivity index (χ2v) is 5.32. The third-order valence-electron chi connectivity index (χ3n) is 3.43. The van der Waals surface area contributed by atoms with Crippen molar-refractivity contribution in [3.63, 3.8) is 0 Å². The SMILES string of the molecule is CCOc1c(C2(C)OCCO2)cc(Cl)c(F)c1CC[N+](=O)[O-]. The zero-order valence-corrected chi connectivity index (χ0v) is 13.1. The minimum atomic E-state index is -1.11. The van der Waals surface area contributed by atoms with E-state index in [1.807, 2.05) is 0 Å². The van der Waals surface area contributed by atoms with Crippen molar-refractivity contribution in [1.29, 1.82) is 0 Å². The van der Waals surface area contributed by atoms with Crippen LogP contribution in [0.1, 0.15) is 25.0 Å². The molecule has 22 heavy (non-hydrogen) atoms. The third-order valence-corrected chi connectivity index (χ3v) is 3.70. The van der Waals surface area contributed by atoms with Crippen LogP contribution in [0.25, 0.3) is 0 Å². The van der Waals surface area contributed by atoms with E-state index in [1.54, 1.807) is 13.8 Å². The number of rotatable bonds is 6. The van der Waals surface area contributed by atoms with Gasteiger partial charge in [0, 0.05) is 16.9 Å². The maximum atomic E-state index is 14.3. The highest BCUT2D eigenvalue weighted by atomic mass is 35.5. The Morgan fingerprint density at radius 1 is 1.50 bits per heavy atom. The summed E-state index contributed by atoms with van der Waals surface area (Å²) >= 11 is 5.94. The molecule has 0 unspecified atom stereocenters. The Kier molecular flexibility index (Phi) is 5.20. The summed E-state index contributed by atoms with van der Waals surface area (Å²) in [7, 11) is 0. The Balaban J connectivity index is 2.54. The van der Waals surface area contributed by atoms with Crippen LogP contribution in [0.5, 0.6) is 5.75 Å². The highest BCUT2D eigenvalue weighted by Gasteiger charge is 2.38. The minimum absolute atomic E-state index is 0.0707. The lowest BCUT2D eigenvalue weighted by atomic mass is 9.99. The molecule has 1 aromatic rings. The van der Waals surface area contributed by atoms with E-state index in [2.05, 4.69) is 0 Å². The van der Waals surface area contributed by atoms with Crippen molar-refractivity contribution in [3.05, 3.63) is 38.1 Å². The van der Waals surface area contributed by atoms with Crippen LogP contribution in [0.2, 0.25) is 5.02 Å². The molecule has 122 valence electrons. The van der Waals surface area contributed by atoms with Gasteiger partial charge in [-0.15, -0.1) is 0 Å². The zero-order chi connectivity index (χ0) is 16.3.